The van der Waals surface area contributed by atoms with E-state index in [2.05, 4.69) is 4.74 Å². The smallest absolute Gasteiger partial charge is 0.333 e. The summed E-state index contributed by atoms with van der Waals surface area (Å²) in [6.07, 6.45) is 5.51. The first-order valence-electron chi connectivity index (χ1n) is 4.72. The second kappa shape index (κ2) is 5.81. The molecule has 0 aliphatic heterocycles. The van der Waals surface area contributed by atoms with Gasteiger partial charge in [-0.15, -0.1) is 0 Å². The summed E-state index contributed by atoms with van der Waals surface area (Å²) in [4.78, 5) is 11.0. The van der Waals surface area contributed by atoms with Crippen LogP contribution in [0, 0.1) is 0 Å². The van der Waals surface area contributed by atoms with Gasteiger partial charge < -0.3 is 4.74 Å². The Bertz CT molecular complexity index is 375. The first-order valence-corrected chi connectivity index (χ1v) is 4.72. The number of hydrogen-bond donors (Lipinski definition) is 0. The number of benzene rings is 1. The lowest BCUT2D eigenvalue weighted by molar-refractivity contribution is -0.136. The van der Waals surface area contributed by atoms with Crippen LogP contribution in [0.1, 0.15) is 12.5 Å². The summed E-state index contributed by atoms with van der Waals surface area (Å²) < 4.78 is 4.57. The van der Waals surface area contributed by atoms with Gasteiger partial charge >= 0.3 is 5.97 Å². The summed E-state index contributed by atoms with van der Waals surface area (Å²) in [5, 5.41) is 0. The zero-order valence-electron chi connectivity index (χ0n) is 8.94. The SMILES string of the molecule is COC(=O)/C(C)=C\C=C\c1ccccc1. The molecule has 0 saturated carbocycles. The van der Waals surface area contributed by atoms with Gasteiger partial charge in [-0.25, -0.2) is 4.79 Å². The Balaban J connectivity index is 2.64. The molecule has 2 nitrogen and oxygen atoms in total. The molecule has 0 aromatic heterocycles. The highest BCUT2D eigenvalue weighted by Gasteiger charge is 1.99. The highest BCUT2D eigenvalue weighted by molar-refractivity contribution is 5.88. The third kappa shape index (κ3) is 3.81. The first-order chi connectivity index (χ1) is 7.24. The summed E-state index contributed by atoms with van der Waals surface area (Å²) in [5.41, 5.74) is 1.69. The lowest BCUT2D eigenvalue weighted by Gasteiger charge is -1.95. The van der Waals surface area contributed by atoms with E-state index in [4.69, 9.17) is 0 Å². The zero-order valence-corrected chi connectivity index (χ0v) is 8.94. The van der Waals surface area contributed by atoms with Crippen LogP contribution in [0.15, 0.2) is 48.1 Å². The molecule has 1 aromatic carbocycles. The van der Waals surface area contributed by atoms with Crippen molar-refractivity contribution in [1.82, 2.24) is 0 Å². The fraction of sp³-hybridized carbons (Fsp3) is 0.154. The summed E-state index contributed by atoms with van der Waals surface area (Å²) in [5.74, 6) is -0.298. The van der Waals surface area contributed by atoms with Crippen LogP contribution in [-0.2, 0) is 9.53 Å². The minimum absolute atomic E-state index is 0.298. The Morgan fingerprint density at radius 3 is 2.53 bits per heavy atom. The maximum atomic E-state index is 11.0. The standard InChI is InChI=1S/C13H14O2/c1-11(13(14)15-2)7-6-10-12-8-4-3-5-9-12/h3-10H,1-2H3/b10-6+,11-7-. The van der Waals surface area contributed by atoms with Gasteiger partial charge in [0.25, 0.3) is 0 Å². The number of allylic oxidation sites excluding steroid dienone is 2. The molecule has 15 heavy (non-hydrogen) atoms. The second-order valence-corrected chi connectivity index (χ2v) is 3.11. The zero-order chi connectivity index (χ0) is 11.1. The third-order valence-electron chi connectivity index (χ3n) is 1.94. The molecule has 0 fully saturated rings. The van der Waals surface area contributed by atoms with Crippen LogP contribution >= 0.6 is 0 Å². The molecule has 0 aliphatic rings. The van der Waals surface area contributed by atoms with Crippen LogP contribution in [0.4, 0.5) is 0 Å². The molecule has 0 saturated heterocycles. The van der Waals surface area contributed by atoms with Crippen LogP contribution in [0.5, 0.6) is 0 Å². The van der Waals surface area contributed by atoms with E-state index in [0.29, 0.717) is 5.57 Å². The van der Waals surface area contributed by atoms with Gasteiger partial charge in [-0.2, -0.15) is 0 Å². The minimum atomic E-state index is -0.298. The van der Waals surface area contributed by atoms with Crippen LogP contribution < -0.4 is 0 Å². The van der Waals surface area contributed by atoms with Crippen molar-refractivity contribution in [3.05, 3.63) is 53.6 Å². The van der Waals surface area contributed by atoms with Crippen molar-refractivity contribution in [1.29, 1.82) is 0 Å². The molecule has 0 bridgehead atoms. The Morgan fingerprint density at radius 2 is 1.93 bits per heavy atom. The fourth-order valence-electron chi connectivity index (χ4n) is 1.10. The second-order valence-electron chi connectivity index (χ2n) is 3.11. The van der Waals surface area contributed by atoms with Gasteiger partial charge in [0.2, 0.25) is 0 Å². The number of ether oxygens (including phenoxy) is 1. The monoisotopic (exact) mass is 202 g/mol. The van der Waals surface area contributed by atoms with Crippen molar-refractivity contribution in [2.45, 2.75) is 6.92 Å². The van der Waals surface area contributed by atoms with Crippen molar-refractivity contribution in [2.75, 3.05) is 7.11 Å². The summed E-state index contributed by atoms with van der Waals surface area (Å²) in [7, 11) is 1.38. The maximum Gasteiger partial charge on any atom is 0.333 e. The Kier molecular flexibility index (Phi) is 4.35. The van der Waals surface area contributed by atoms with Crippen LogP contribution in [0.2, 0.25) is 0 Å². The number of hydrogen-bond acceptors (Lipinski definition) is 2. The molecule has 1 aromatic rings. The molecule has 0 heterocycles. The van der Waals surface area contributed by atoms with Crippen molar-refractivity contribution >= 4 is 12.0 Å². The normalized spacial score (nSPS) is 11.7. The van der Waals surface area contributed by atoms with Gasteiger partial charge in [0.1, 0.15) is 0 Å². The maximum absolute atomic E-state index is 11.0. The van der Waals surface area contributed by atoms with E-state index in [0.717, 1.165) is 5.56 Å². The molecule has 78 valence electrons. The van der Waals surface area contributed by atoms with Crippen molar-refractivity contribution in [2.24, 2.45) is 0 Å². The summed E-state index contributed by atoms with van der Waals surface area (Å²) in [6, 6.07) is 9.90. The molecule has 0 spiro atoms. The molecule has 0 radical (unpaired) electrons. The predicted octanol–water partition coefficient (Wildman–Crippen LogP) is 2.82. The lowest BCUT2D eigenvalue weighted by Crippen LogP contribution is -2.00. The van der Waals surface area contributed by atoms with Gasteiger partial charge in [0, 0.05) is 5.57 Å². The highest BCUT2D eigenvalue weighted by atomic mass is 16.5. The number of methoxy groups -OCH3 is 1. The van der Waals surface area contributed by atoms with Crippen LogP contribution in [0.25, 0.3) is 6.08 Å². The van der Waals surface area contributed by atoms with Crippen molar-refractivity contribution < 1.29 is 9.53 Å². The molecular formula is C13H14O2. The van der Waals surface area contributed by atoms with Crippen molar-refractivity contribution in [3.63, 3.8) is 0 Å². The highest BCUT2D eigenvalue weighted by Crippen LogP contribution is 2.02. The predicted molar refractivity (Wildman–Crippen MR) is 61.2 cm³/mol. The fourth-order valence-corrected chi connectivity index (χ4v) is 1.10. The van der Waals surface area contributed by atoms with E-state index in [-0.39, 0.29) is 5.97 Å². The molecule has 0 atom stereocenters. The van der Waals surface area contributed by atoms with Crippen LogP contribution in [0.3, 0.4) is 0 Å². The Labute approximate surface area is 89.9 Å². The van der Waals surface area contributed by atoms with E-state index >= 15 is 0 Å². The average Bonchev–Trinajstić information content (AvgIpc) is 2.29. The Morgan fingerprint density at radius 1 is 1.27 bits per heavy atom. The van der Waals surface area contributed by atoms with E-state index < -0.39 is 0 Å². The first kappa shape index (κ1) is 11.2. The quantitative estimate of drug-likeness (QED) is 0.428. The van der Waals surface area contributed by atoms with E-state index in [9.17, 15) is 4.79 Å². The molecular weight excluding hydrogens is 188 g/mol. The van der Waals surface area contributed by atoms with Gasteiger partial charge in [-0.1, -0.05) is 48.6 Å². The number of carbonyl (C=O) groups excluding carboxylic acids is 1. The van der Waals surface area contributed by atoms with E-state index in [1.807, 2.05) is 42.5 Å². The van der Waals surface area contributed by atoms with Gasteiger partial charge in [-0.3, -0.25) is 0 Å². The molecule has 0 unspecified atom stereocenters. The number of carbonyl (C=O) groups is 1. The van der Waals surface area contributed by atoms with Gasteiger partial charge in [0.05, 0.1) is 7.11 Å². The molecule has 0 N–H and O–H groups in total. The summed E-state index contributed by atoms with van der Waals surface area (Å²) >= 11 is 0. The molecule has 1 rings (SSSR count). The molecule has 2 heteroatoms. The number of rotatable bonds is 3. The van der Waals surface area contributed by atoms with Gasteiger partial charge in [0.15, 0.2) is 0 Å². The molecule has 0 aliphatic carbocycles. The van der Waals surface area contributed by atoms with Gasteiger partial charge in [-0.05, 0) is 12.5 Å². The minimum Gasteiger partial charge on any atom is -0.466 e. The van der Waals surface area contributed by atoms with E-state index in [1.54, 1.807) is 13.0 Å². The topological polar surface area (TPSA) is 26.3 Å². The largest absolute Gasteiger partial charge is 0.466 e. The lowest BCUT2D eigenvalue weighted by atomic mass is 10.2. The average molecular weight is 202 g/mol. The van der Waals surface area contributed by atoms with Crippen LogP contribution in [-0.4, -0.2) is 13.1 Å². The third-order valence-corrected chi connectivity index (χ3v) is 1.94. The van der Waals surface area contributed by atoms with E-state index in [1.165, 1.54) is 7.11 Å². The van der Waals surface area contributed by atoms with Crippen molar-refractivity contribution in [3.8, 4) is 0 Å². The molecule has 0 amide bonds. The number of esters is 1. The summed E-state index contributed by atoms with van der Waals surface area (Å²) in [6.45, 7) is 1.72. The Hall–Kier alpha value is -1.83.